The van der Waals surface area contributed by atoms with E-state index in [1.165, 1.54) is 6.20 Å². The smallest absolute Gasteiger partial charge is 0.341 e. The highest BCUT2D eigenvalue weighted by Crippen LogP contribution is 2.19. The van der Waals surface area contributed by atoms with Crippen molar-refractivity contribution in [1.82, 2.24) is 15.0 Å². The van der Waals surface area contributed by atoms with E-state index in [1.807, 2.05) is 26.8 Å². The number of ether oxygens (including phenoxy) is 1. The molecule has 2 aromatic rings. The van der Waals surface area contributed by atoms with Crippen molar-refractivity contribution in [2.75, 3.05) is 6.61 Å². The Labute approximate surface area is 124 Å². The fraction of sp³-hybridized carbons (Fsp3) is 0.375. The first-order chi connectivity index (χ1) is 10.1. The third kappa shape index (κ3) is 3.24. The maximum Gasteiger partial charge on any atom is 0.341 e. The summed E-state index contributed by atoms with van der Waals surface area (Å²) in [6.45, 7) is 8.03. The summed E-state index contributed by atoms with van der Waals surface area (Å²) < 4.78 is 5.02. The lowest BCUT2D eigenvalue weighted by molar-refractivity contribution is 0.0524. The molecule has 2 heterocycles. The molecule has 5 heteroatoms. The first kappa shape index (κ1) is 15.1. The molecule has 0 N–H and O–H groups in total. The zero-order valence-electron chi connectivity index (χ0n) is 12.8. The standard InChI is InChI=1S/C16H19N3O2/c1-5-13-12(16(20)21-6-2)9-18-15(19-13)14-11(4)7-10(3)8-17-14/h7-9H,5-6H2,1-4H3. The van der Waals surface area contributed by atoms with E-state index in [4.69, 9.17) is 4.74 Å². The van der Waals surface area contributed by atoms with Gasteiger partial charge in [0.2, 0.25) is 0 Å². The van der Waals surface area contributed by atoms with Crippen LogP contribution in [-0.4, -0.2) is 27.5 Å². The summed E-state index contributed by atoms with van der Waals surface area (Å²) in [5.41, 5.74) is 3.95. The van der Waals surface area contributed by atoms with E-state index >= 15 is 0 Å². The number of rotatable bonds is 4. The van der Waals surface area contributed by atoms with Gasteiger partial charge in [-0.2, -0.15) is 0 Å². The fourth-order valence-electron chi connectivity index (χ4n) is 2.13. The zero-order chi connectivity index (χ0) is 15.4. The second-order valence-electron chi connectivity index (χ2n) is 4.81. The number of nitrogens with zero attached hydrogens (tertiary/aromatic N) is 3. The van der Waals surface area contributed by atoms with Crippen LogP contribution < -0.4 is 0 Å². The van der Waals surface area contributed by atoms with Crippen molar-refractivity contribution in [3.05, 3.63) is 40.8 Å². The number of carbonyl (C=O) groups is 1. The molecule has 0 aromatic carbocycles. The highest BCUT2D eigenvalue weighted by atomic mass is 16.5. The van der Waals surface area contributed by atoms with E-state index in [2.05, 4.69) is 15.0 Å². The molecule has 0 saturated heterocycles. The number of carbonyl (C=O) groups excluding carboxylic acids is 1. The molecule has 21 heavy (non-hydrogen) atoms. The Bertz CT molecular complexity index is 669. The van der Waals surface area contributed by atoms with Crippen molar-refractivity contribution in [3.63, 3.8) is 0 Å². The van der Waals surface area contributed by atoms with Gasteiger partial charge in [0, 0.05) is 12.4 Å². The first-order valence-corrected chi connectivity index (χ1v) is 7.03. The van der Waals surface area contributed by atoms with Gasteiger partial charge in [-0.15, -0.1) is 0 Å². The van der Waals surface area contributed by atoms with Crippen LogP contribution in [0.5, 0.6) is 0 Å². The van der Waals surface area contributed by atoms with E-state index in [9.17, 15) is 4.79 Å². The van der Waals surface area contributed by atoms with E-state index in [1.54, 1.807) is 13.1 Å². The van der Waals surface area contributed by atoms with Crippen LogP contribution in [0.2, 0.25) is 0 Å². The number of aromatic nitrogens is 3. The lowest BCUT2D eigenvalue weighted by atomic mass is 10.1. The quantitative estimate of drug-likeness (QED) is 0.808. The van der Waals surface area contributed by atoms with Crippen LogP contribution in [-0.2, 0) is 11.2 Å². The number of hydrogen-bond donors (Lipinski definition) is 0. The van der Waals surface area contributed by atoms with Crippen LogP contribution in [0.1, 0.15) is 41.0 Å². The first-order valence-electron chi connectivity index (χ1n) is 7.03. The Morgan fingerprint density at radius 2 is 1.95 bits per heavy atom. The molecule has 0 bridgehead atoms. The van der Waals surface area contributed by atoms with Gasteiger partial charge in [-0.05, 0) is 38.3 Å². The Morgan fingerprint density at radius 1 is 1.19 bits per heavy atom. The van der Waals surface area contributed by atoms with Crippen LogP contribution in [0.15, 0.2) is 18.5 Å². The molecule has 0 radical (unpaired) electrons. The SMILES string of the molecule is CCOC(=O)c1cnc(-c2ncc(C)cc2C)nc1CC. The second kappa shape index (κ2) is 6.43. The predicted molar refractivity (Wildman–Crippen MR) is 80.1 cm³/mol. The molecule has 2 rings (SSSR count). The Hall–Kier alpha value is -2.30. The summed E-state index contributed by atoms with van der Waals surface area (Å²) >= 11 is 0. The van der Waals surface area contributed by atoms with Crippen LogP contribution in [0.3, 0.4) is 0 Å². The molecule has 0 saturated carbocycles. The van der Waals surface area contributed by atoms with E-state index in [-0.39, 0.29) is 5.97 Å². The molecule has 0 fully saturated rings. The molecule has 0 atom stereocenters. The topological polar surface area (TPSA) is 65.0 Å². The summed E-state index contributed by atoms with van der Waals surface area (Å²) in [4.78, 5) is 25.0. The molecular formula is C16H19N3O2. The fourth-order valence-corrected chi connectivity index (χ4v) is 2.13. The predicted octanol–water partition coefficient (Wildman–Crippen LogP) is 2.89. The van der Waals surface area contributed by atoms with Gasteiger partial charge in [0.15, 0.2) is 5.82 Å². The van der Waals surface area contributed by atoms with Crippen molar-refractivity contribution in [2.24, 2.45) is 0 Å². The monoisotopic (exact) mass is 285 g/mol. The zero-order valence-corrected chi connectivity index (χ0v) is 12.8. The maximum atomic E-state index is 11.9. The Morgan fingerprint density at radius 3 is 2.57 bits per heavy atom. The van der Waals surface area contributed by atoms with Crippen LogP contribution in [0.25, 0.3) is 11.5 Å². The number of esters is 1. The van der Waals surface area contributed by atoms with Gasteiger partial charge in [-0.25, -0.2) is 14.8 Å². The third-order valence-corrected chi connectivity index (χ3v) is 3.12. The van der Waals surface area contributed by atoms with Crippen molar-refractivity contribution >= 4 is 5.97 Å². The minimum Gasteiger partial charge on any atom is -0.462 e. The Balaban J connectivity index is 2.45. The minimum absolute atomic E-state index is 0.336. The van der Waals surface area contributed by atoms with Crippen molar-refractivity contribution in [3.8, 4) is 11.5 Å². The molecule has 0 aliphatic heterocycles. The normalized spacial score (nSPS) is 10.5. The largest absolute Gasteiger partial charge is 0.462 e. The van der Waals surface area contributed by atoms with Gasteiger partial charge in [0.1, 0.15) is 5.69 Å². The van der Waals surface area contributed by atoms with E-state index in [0.717, 1.165) is 16.8 Å². The van der Waals surface area contributed by atoms with Crippen LogP contribution in [0, 0.1) is 13.8 Å². The molecule has 2 aromatic heterocycles. The van der Waals surface area contributed by atoms with Crippen molar-refractivity contribution < 1.29 is 9.53 Å². The van der Waals surface area contributed by atoms with Crippen molar-refractivity contribution in [1.29, 1.82) is 0 Å². The van der Waals surface area contributed by atoms with Gasteiger partial charge in [0.25, 0.3) is 0 Å². The number of pyridine rings is 1. The summed E-state index contributed by atoms with van der Waals surface area (Å²) in [5.74, 6) is 0.159. The van der Waals surface area contributed by atoms with Crippen molar-refractivity contribution in [2.45, 2.75) is 34.1 Å². The molecule has 0 spiro atoms. The van der Waals surface area contributed by atoms with Crippen LogP contribution >= 0.6 is 0 Å². The van der Waals surface area contributed by atoms with Gasteiger partial charge >= 0.3 is 5.97 Å². The second-order valence-corrected chi connectivity index (χ2v) is 4.81. The molecular weight excluding hydrogens is 266 g/mol. The lowest BCUT2D eigenvalue weighted by Crippen LogP contribution is -2.11. The van der Waals surface area contributed by atoms with Gasteiger partial charge in [-0.1, -0.05) is 13.0 Å². The highest BCUT2D eigenvalue weighted by Gasteiger charge is 2.16. The molecule has 5 nitrogen and oxygen atoms in total. The molecule has 0 aliphatic rings. The van der Waals surface area contributed by atoms with Gasteiger partial charge < -0.3 is 4.74 Å². The molecule has 0 amide bonds. The molecule has 0 aliphatic carbocycles. The van der Waals surface area contributed by atoms with E-state index in [0.29, 0.717) is 30.1 Å². The van der Waals surface area contributed by atoms with Gasteiger partial charge in [-0.3, -0.25) is 4.98 Å². The molecule has 110 valence electrons. The lowest BCUT2D eigenvalue weighted by Gasteiger charge is -2.09. The highest BCUT2D eigenvalue weighted by molar-refractivity contribution is 5.90. The van der Waals surface area contributed by atoms with E-state index < -0.39 is 0 Å². The summed E-state index contributed by atoms with van der Waals surface area (Å²) in [6.07, 6.45) is 3.95. The Kier molecular flexibility index (Phi) is 4.62. The summed E-state index contributed by atoms with van der Waals surface area (Å²) in [7, 11) is 0. The average Bonchev–Trinajstić information content (AvgIpc) is 2.47. The van der Waals surface area contributed by atoms with Crippen LogP contribution in [0.4, 0.5) is 0 Å². The minimum atomic E-state index is -0.380. The third-order valence-electron chi connectivity index (χ3n) is 3.12. The average molecular weight is 285 g/mol. The van der Waals surface area contributed by atoms with Gasteiger partial charge in [0.05, 0.1) is 17.9 Å². The summed E-state index contributed by atoms with van der Waals surface area (Å²) in [5, 5.41) is 0. The number of hydrogen-bond acceptors (Lipinski definition) is 5. The molecule has 0 unspecified atom stereocenters. The summed E-state index contributed by atoms with van der Waals surface area (Å²) in [6, 6.07) is 2.04. The number of aryl methyl sites for hydroxylation is 3. The maximum absolute atomic E-state index is 11.9.